The third kappa shape index (κ3) is 6.61. The Bertz CT molecular complexity index is 863. The smallest absolute Gasteiger partial charge is 0.356 e. The highest BCUT2D eigenvalue weighted by atomic mass is 31.2. The lowest BCUT2D eigenvalue weighted by atomic mass is 10.0. The number of nitrogens with zero attached hydrogens (tertiary/aromatic N) is 2. The number of aromatic nitrogens is 2. The molecule has 30 heavy (non-hydrogen) atoms. The highest BCUT2D eigenvalue weighted by molar-refractivity contribution is 7.53. The summed E-state index contributed by atoms with van der Waals surface area (Å²) in [6.45, 7) is 2.77. The van der Waals surface area contributed by atoms with E-state index in [4.69, 9.17) is 25.3 Å². The summed E-state index contributed by atoms with van der Waals surface area (Å²) >= 11 is 0. The standard InChI is InChI=1S/C16H26N5O8P/c1-9(2)13(18)14(22)19-11(15(23)24)7-29-30(26)8-27-10(6-28-30)5-21-4-3-12(17)20-16(21)25/h3-4,9-11,13H,5-8,18H2,1-2H3,(H,19,22)(H,23,24)(H2,17,20,25)/t10-,11-,13-,30?/m0/s1. The fourth-order valence-corrected chi connectivity index (χ4v) is 3.78. The summed E-state index contributed by atoms with van der Waals surface area (Å²) in [6.07, 6.45) is 0.402. The molecular formula is C16H26N5O8P. The van der Waals surface area contributed by atoms with Gasteiger partial charge in [-0.15, -0.1) is 0 Å². The van der Waals surface area contributed by atoms with E-state index in [0.717, 1.165) is 0 Å². The Morgan fingerprint density at radius 2 is 2.20 bits per heavy atom. The van der Waals surface area contributed by atoms with Crippen LogP contribution in [0, 0.1) is 5.92 Å². The Balaban J connectivity index is 1.88. The van der Waals surface area contributed by atoms with Gasteiger partial charge in [0.15, 0.2) is 6.04 Å². The van der Waals surface area contributed by atoms with Gasteiger partial charge in [0, 0.05) is 6.20 Å². The fraction of sp³-hybridized carbons (Fsp3) is 0.625. The second-order valence-electron chi connectivity index (χ2n) is 7.08. The van der Waals surface area contributed by atoms with E-state index < -0.39 is 56.3 Å². The quantitative estimate of drug-likeness (QED) is 0.337. The number of aliphatic carboxylic acids is 1. The summed E-state index contributed by atoms with van der Waals surface area (Å²) in [7, 11) is -3.75. The first-order valence-corrected chi connectivity index (χ1v) is 10.8. The number of hydrogen-bond acceptors (Lipinski definition) is 10. The number of hydrogen-bond donors (Lipinski definition) is 4. The molecular weight excluding hydrogens is 421 g/mol. The molecule has 1 aromatic heterocycles. The zero-order valence-corrected chi connectivity index (χ0v) is 17.5. The monoisotopic (exact) mass is 447 g/mol. The van der Waals surface area contributed by atoms with Crippen LogP contribution in [-0.2, 0) is 34.5 Å². The molecule has 0 bridgehead atoms. The number of carbonyl (C=O) groups excluding carboxylic acids is 1. The molecule has 13 nitrogen and oxygen atoms in total. The maximum atomic E-state index is 12.6. The second-order valence-corrected chi connectivity index (χ2v) is 9.07. The van der Waals surface area contributed by atoms with Crippen molar-refractivity contribution < 1.29 is 33.0 Å². The fourth-order valence-electron chi connectivity index (χ4n) is 2.39. The van der Waals surface area contributed by atoms with Crippen LogP contribution in [-0.4, -0.2) is 64.3 Å². The molecule has 1 fully saturated rings. The van der Waals surface area contributed by atoms with Gasteiger partial charge in [-0.1, -0.05) is 13.8 Å². The number of carboxylic acids is 1. The van der Waals surface area contributed by atoms with Crippen molar-refractivity contribution in [1.29, 1.82) is 0 Å². The minimum absolute atomic E-state index is 0.0874. The van der Waals surface area contributed by atoms with Crippen LogP contribution in [0.5, 0.6) is 0 Å². The number of nitrogens with one attached hydrogen (secondary N) is 1. The van der Waals surface area contributed by atoms with E-state index in [2.05, 4.69) is 10.3 Å². The molecule has 0 radical (unpaired) electrons. The van der Waals surface area contributed by atoms with Gasteiger partial charge >= 0.3 is 19.3 Å². The molecule has 0 aromatic carbocycles. The number of nitrogen functional groups attached to an aromatic ring is 1. The van der Waals surface area contributed by atoms with Crippen molar-refractivity contribution in [3.8, 4) is 0 Å². The molecule has 1 aliphatic rings. The lowest BCUT2D eigenvalue weighted by Crippen LogP contribution is -2.51. The van der Waals surface area contributed by atoms with Gasteiger partial charge in [0.2, 0.25) is 5.91 Å². The second kappa shape index (κ2) is 10.1. The van der Waals surface area contributed by atoms with E-state index >= 15 is 0 Å². The average molecular weight is 447 g/mol. The number of carbonyl (C=O) groups is 2. The molecule has 2 heterocycles. The lowest BCUT2D eigenvalue weighted by molar-refractivity contribution is -0.143. The van der Waals surface area contributed by atoms with E-state index in [9.17, 15) is 24.1 Å². The molecule has 0 spiro atoms. The van der Waals surface area contributed by atoms with Gasteiger partial charge in [0.25, 0.3) is 0 Å². The van der Waals surface area contributed by atoms with Crippen LogP contribution in [0.2, 0.25) is 0 Å². The predicted octanol–water partition coefficient (Wildman–Crippen LogP) is -1.04. The molecule has 2 rings (SSSR count). The Hall–Kier alpha value is -2.31. The van der Waals surface area contributed by atoms with Crippen LogP contribution in [0.25, 0.3) is 0 Å². The summed E-state index contributed by atoms with van der Waals surface area (Å²) in [5.74, 6) is -2.15. The molecule has 14 heteroatoms. The van der Waals surface area contributed by atoms with Crippen LogP contribution in [0.3, 0.4) is 0 Å². The summed E-state index contributed by atoms with van der Waals surface area (Å²) in [4.78, 5) is 38.7. The highest BCUT2D eigenvalue weighted by Crippen LogP contribution is 2.50. The van der Waals surface area contributed by atoms with Crippen molar-refractivity contribution >= 4 is 25.3 Å². The molecule has 0 aliphatic carbocycles. The Morgan fingerprint density at radius 3 is 2.73 bits per heavy atom. The maximum Gasteiger partial charge on any atom is 0.356 e. The molecule has 1 amide bonds. The third-order valence-electron chi connectivity index (χ3n) is 4.29. The normalized spacial score (nSPS) is 23.7. The molecule has 1 aliphatic heterocycles. The topological polar surface area (TPSA) is 198 Å². The third-order valence-corrected chi connectivity index (χ3v) is 5.85. The molecule has 1 aromatic rings. The highest BCUT2D eigenvalue weighted by Gasteiger charge is 2.36. The zero-order valence-electron chi connectivity index (χ0n) is 16.6. The average Bonchev–Trinajstić information content (AvgIpc) is 2.68. The Kier molecular flexibility index (Phi) is 8.10. The van der Waals surface area contributed by atoms with Crippen molar-refractivity contribution in [2.75, 3.05) is 25.3 Å². The molecule has 0 saturated carbocycles. The largest absolute Gasteiger partial charge is 0.480 e. The minimum Gasteiger partial charge on any atom is -0.480 e. The summed E-state index contributed by atoms with van der Waals surface area (Å²) < 4.78 is 29.7. The first-order chi connectivity index (χ1) is 14.0. The zero-order chi connectivity index (χ0) is 22.5. The van der Waals surface area contributed by atoms with Crippen molar-refractivity contribution in [2.45, 2.75) is 38.6 Å². The van der Waals surface area contributed by atoms with E-state index in [0.29, 0.717) is 0 Å². The minimum atomic E-state index is -3.75. The van der Waals surface area contributed by atoms with E-state index in [1.165, 1.54) is 16.8 Å². The van der Waals surface area contributed by atoms with E-state index in [-0.39, 0.29) is 24.9 Å². The number of carboxylic acid groups (broad SMARTS) is 1. The van der Waals surface area contributed by atoms with Crippen LogP contribution in [0.4, 0.5) is 5.82 Å². The lowest BCUT2D eigenvalue weighted by Gasteiger charge is -2.30. The first-order valence-electron chi connectivity index (χ1n) is 9.12. The van der Waals surface area contributed by atoms with E-state index in [1.54, 1.807) is 13.8 Å². The maximum absolute atomic E-state index is 12.6. The van der Waals surface area contributed by atoms with Gasteiger partial charge in [0.1, 0.15) is 18.3 Å². The summed E-state index contributed by atoms with van der Waals surface area (Å²) in [5.41, 5.74) is 10.6. The summed E-state index contributed by atoms with van der Waals surface area (Å²) in [6, 6.07) is -0.914. The predicted molar refractivity (Wildman–Crippen MR) is 105 cm³/mol. The Morgan fingerprint density at radius 1 is 1.50 bits per heavy atom. The number of ether oxygens (including phenoxy) is 1. The van der Waals surface area contributed by atoms with Crippen LogP contribution in [0.1, 0.15) is 13.8 Å². The van der Waals surface area contributed by atoms with Gasteiger partial charge in [-0.05, 0) is 12.0 Å². The molecule has 4 atom stereocenters. The number of amides is 1. The van der Waals surface area contributed by atoms with Gasteiger partial charge in [-0.2, -0.15) is 4.98 Å². The van der Waals surface area contributed by atoms with Crippen molar-refractivity contribution in [2.24, 2.45) is 11.7 Å². The molecule has 6 N–H and O–H groups in total. The van der Waals surface area contributed by atoms with Crippen LogP contribution >= 0.6 is 7.60 Å². The SMILES string of the molecule is CC(C)[C@H](N)C(=O)N[C@@H](COP1(=O)CO[C@@H](Cn2ccc(N)nc2=O)CO1)C(=O)O. The van der Waals surface area contributed by atoms with Crippen molar-refractivity contribution in [3.63, 3.8) is 0 Å². The van der Waals surface area contributed by atoms with Crippen molar-refractivity contribution in [3.05, 3.63) is 22.7 Å². The first kappa shape index (κ1) is 24.0. The summed E-state index contributed by atoms with van der Waals surface area (Å²) in [5, 5.41) is 11.5. The van der Waals surface area contributed by atoms with Gasteiger partial charge in [-0.25, -0.2) is 9.59 Å². The number of nitrogens with two attached hydrogens (primary N) is 2. The van der Waals surface area contributed by atoms with Gasteiger partial charge in [-0.3, -0.25) is 13.9 Å². The number of rotatable bonds is 9. The molecule has 1 saturated heterocycles. The van der Waals surface area contributed by atoms with Crippen LogP contribution in [0.15, 0.2) is 17.1 Å². The molecule has 168 valence electrons. The van der Waals surface area contributed by atoms with E-state index in [1.807, 2.05) is 0 Å². The van der Waals surface area contributed by atoms with Crippen LogP contribution < -0.4 is 22.5 Å². The molecule has 1 unspecified atom stereocenters. The van der Waals surface area contributed by atoms with Crippen molar-refractivity contribution in [1.82, 2.24) is 14.9 Å². The Labute approximate surface area is 172 Å². The van der Waals surface area contributed by atoms with Gasteiger partial charge < -0.3 is 35.7 Å². The van der Waals surface area contributed by atoms with Gasteiger partial charge in [0.05, 0.1) is 25.8 Å². The number of anilines is 1.